The molecule has 0 aromatic heterocycles. The lowest BCUT2D eigenvalue weighted by atomic mass is 9.99. The van der Waals surface area contributed by atoms with Gasteiger partial charge in [0.1, 0.15) is 27.5 Å². The van der Waals surface area contributed by atoms with E-state index in [0.29, 0.717) is 5.57 Å². The monoisotopic (exact) mass is 372 g/mol. The number of hydrogen-bond donors (Lipinski definition) is 2. The Kier molecular flexibility index (Phi) is 5.17. The molecule has 2 aliphatic rings. The molecule has 3 nitrogen and oxygen atoms in total. The predicted octanol–water partition coefficient (Wildman–Crippen LogP) is 6.08. The standard InChI is InChI=1S/C14H10Cl2O2.C6H4O/c15-14(16)13(9-1-5-11(17)6-2-9)10-3-7-12(18)8-4-10;1-2-5-4-6(3-1)7-5/h1-8,17-18H;1-4H. The molecule has 0 saturated carbocycles. The molecule has 0 aliphatic carbocycles. The number of ether oxygens (including phenoxy) is 1. The zero-order chi connectivity index (χ0) is 17.8. The van der Waals surface area contributed by atoms with Crippen molar-refractivity contribution in [2.24, 2.45) is 0 Å². The van der Waals surface area contributed by atoms with Crippen LogP contribution in [0.1, 0.15) is 11.1 Å². The first-order valence-corrected chi connectivity index (χ1v) is 8.20. The lowest BCUT2D eigenvalue weighted by Gasteiger charge is -2.13. The maximum Gasteiger partial charge on any atom is 0.131 e. The normalized spacial score (nSPS) is 10.6. The van der Waals surface area contributed by atoms with Crippen LogP contribution in [0.5, 0.6) is 23.0 Å². The second-order valence-corrected chi connectivity index (χ2v) is 6.26. The SMILES string of the molecule is Oc1ccc(C(=C(Cl)Cl)c2ccc(O)cc2)cc1.c1cc2cc(c1)O2. The molecular weight excluding hydrogens is 359 g/mol. The summed E-state index contributed by atoms with van der Waals surface area (Å²) in [5, 5.41) is 18.5. The van der Waals surface area contributed by atoms with E-state index >= 15 is 0 Å². The predicted molar refractivity (Wildman–Crippen MR) is 100 cm³/mol. The van der Waals surface area contributed by atoms with Crippen LogP contribution < -0.4 is 4.74 Å². The average molecular weight is 373 g/mol. The van der Waals surface area contributed by atoms with Gasteiger partial charge in [-0.1, -0.05) is 53.5 Å². The third kappa shape index (κ3) is 4.27. The molecule has 5 heteroatoms. The minimum Gasteiger partial charge on any atom is -0.508 e. The highest BCUT2D eigenvalue weighted by atomic mass is 35.5. The highest BCUT2D eigenvalue weighted by Crippen LogP contribution is 2.33. The van der Waals surface area contributed by atoms with Crippen molar-refractivity contribution in [1.29, 1.82) is 0 Å². The first-order chi connectivity index (χ1) is 12.0. The molecule has 0 saturated heterocycles. The molecule has 2 bridgehead atoms. The van der Waals surface area contributed by atoms with E-state index in [1.54, 1.807) is 48.5 Å². The number of fused-ring (bicyclic) bond motifs is 2. The molecule has 3 aromatic rings. The zero-order valence-electron chi connectivity index (χ0n) is 13.0. The highest BCUT2D eigenvalue weighted by Gasteiger charge is 2.09. The summed E-state index contributed by atoms with van der Waals surface area (Å²) in [6, 6.07) is 21.0. The Labute approximate surface area is 155 Å². The van der Waals surface area contributed by atoms with Crippen LogP contribution in [0.3, 0.4) is 0 Å². The molecular formula is C20H14Cl2O3. The summed E-state index contributed by atoms with van der Waals surface area (Å²) in [5.74, 6) is 2.32. The van der Waals surface area contributed by atoms with E-state index in [0.717, 1.165) is 22.6 Å². The molecule has 3 aromatic carbocycles. The van der Waals surface area contributed by atoms with Crippen LogP contribution in [-0.4, -0.2) is 10.2 Å². The number of phenolic OH excluding ortho intramolecular Hbond substituents is 2. The smallest absolute Gasteiger partial charge is 0.131 e. The summed E-state index contributed by atoms with van der Waals surface area (Å²) in [6.07, 6.45) is 0. The Morgan fingerprint density at radius 1 is 0.680 bits per heavy atom. The van der Waals surface area contributed by atoms with E-state index in [9.17, 15) is 10.2 Å². The van der Waals surface area contributed by atoms with E-state index in [1.807, 2.05) is 24.3 Å². The van der Waals surface area contributed by atoms with Gasteiger partial charge in [-0.2, -0.15) is 0 Å². The van der Waals surface area contributed by atoms with Gasteiger partial charge in [0, 0.05) is 11.6 Å². The van der Waals surface area contributed by atoms with Crippen molar-refractivity contribution in [1.82, 2.24) is 0 Å². The molecule has 0 unspecified atom stereocenters. The van der Waals surface area contributed by atoms with Crippen molar-refractivity contribution < 1.29 is 14.9 Å². The van der Waals surface area contributed by atoms with E-state index in [-0.39, 0.29) is 16.0 Å². The average Bonchev–Trinajstić information content (AvgIpc) is 2.59. The van der Waals surface area contributed by atoms with E-state index < -0.39 is 0 Å². The fourth-order valence-electron chi connectivity index (χ4n) is 2.32. The minimum atomic E-state index is 0.131. The van der Waals surface area contributed by atoms with E-state index in [2.05, 4.69) is 0 Å². The number of halogens is 2. The molecule has 0 spiro atoms. The molecule has 2 heterocycles. The third-order valence-corrected chi connectivity index (χ3v) is 3.92. The summed E-state index contributed by atoms with van der Waals surface area (Å²) in [4.78, 5) is 0. The van der Waals surface area contributed by atoms with Gasteiger partial charge in [-0.05, 0) is 47.5 Å². The largest absolute Gasteiger partial charge is 0.508 e. The minimum absolute atomic E-state index is 0.131. The van der Waals surface area contributed by atoms with Crippen molar-refractivity contribution in [2.75, 3.05) is 0 Å². The van der Waals surface area contributed by atoms with Crippen molar-refractivity contribution in [2.45, 2.75) is 0 Å². The van der Waals surface area contributed by atoms with Gasteiger partial charge in [-0.3, -0.25) is 0 Å². The topological polar surface area (TPSA) is 49.7 Å². The quantitative estimate of drug-likeness (QED) is 0.447. The van der Waals surface area contributed by atoms with Crippen molar-refractivity contribution >= 4 is 28.8 Å². The fourth-order valence-corrected chi connectivity index (χ4v) is 2.76. The highest BCUT2D eigenvalue weighted by molar-refractivity contribution is 6.59. The summed E-state index contributed by atoms with van der Waals surface area (Å²) >= 11 is 11.8. The molecule has 25 heavy (non-hydrogen) atoms. The molecule has 0 amide bonds. The molecule has 2 aliphatic heterocycles. The van der Waals surface area contributed by atoms with Gasteiger partial charge in [0.25, 0.3) is 0 Å². The molecule has 0 fully saturated rings. The van der Waals surface area contributed by atoms with Crippen LogP contribution in [0.2, 0.25) is 0 Å². The lowest BCUT2D eigenvalue weighted by molar-refractivity contribution is 0.438. The van der Waals surface area contributed by atoms with Crippen molar-refractivity contribution in [3.05, 3.63) is 88.4 Å². The van der Waals surface area contributed by atoms with Gasteiger partial charge in [0.15, 0.2) is 0 Å². The number of phenols is 2. The number of hydrogen-bond acceptors (Lipinski definition) is 3. The molecule has 0 atom stereocenters. The first-order valence-electron chi connectivity index (χ1n) is 7.45. The van der Waals surface area contributed by atoms with Crippen molar-refractivity contribution in [3.8, 4) is 23.0 Å². The van der Waals surface area contributed by atoms with Gasteiger partial charge >= 0.3 is 0 Å². The second kappa shape index (κ2) is 7.51. The first kappa shape index (κ1) is 17.2. The summed E-state index contributed by atoms with van der Waals surface area (Å²) in [6.45, 7) is 0. The molecule has 2 N–H and O–H groups in total. The van der Waals surface area contributed by atoms with Crippen LogP contribution >= 0.6 is 23.2 Å². The van der Waals surface area contributed by atoms with E-state index in [1.165, 1.54) is 0 Å². The zero-order valence-corrected chi connectivity index (χ0v) is 14.5. The van der Waals surface area contributed by atoms with Crippen LogP contribution in [0.4, 0.5) is 0 Å². The summed E-state index contributed by atoms with van der Waals surface area (Å²) < 4.78 is 5.14. The second-order valence-electron chi connectivity index (χ2n) is 5.31. The Morgan fingerprint density at radius 3 is 1.32 bits per heavy atom. The number of aromatic hydroxyl groups is 2. The van der Waals surface area contributed by atoms with Gasteiger partial charge in [-0.25, -0.2) is 0 Å². The van der Waals surface area contributed by atoms with Crippen LogP contribution in [0, 0.1) is 0 Å². The molecule has 0 radical (unpaired) electrons. The van der Waals surface area contributed by atoms with Crippen LogP contribution in [-0.2, 0) is 0 Å². The van der Waals surface area contributed by atoms with Gasteiger partial charge < -0.3 is 14.9 Å². The Balaban J connectivity index is 0.000000213. The van der Waals surface area contributed by atoms with Crippen LogP contribution in [0.15, 0.2) is 77.3 Å². The van der Waals surface area contributed by atoms with E-state index in [4.69, 9.17) is 27.9 Å². The maximum atomic E-state index is 9.27. The fraction of sp³-hybridized carbons (Fsp3) is 0. The van der Waals surface area contributed by atoms with Crippen molar-refractivity contribution in [3.63, 3.8) is 0 Å². The Bertz CT molecular complexity index is 825. The van der Waals surface area contributed by atoms with Gasteiger partial charge in [-0.15, -0.1) is 0 Å². The van der Waals surface area contributed by atoms with Gasteiger partial charge in [0.05, 0.1) is 0 Å². The van der Waals surface area contributed by atoms with Gasteiger partial charge in [0.2, 0.25) is 0 Å². The summed E-state index contributed by atoms with van der Waals surface area (Å²) in [7, 11) is 0. The Morgan fingerprint density at radius 2 is 1.08 bits per heavy atom. The Hall–Kier alpha value is -2.62. The maximum absolute atomic E-state index is 9.27. The molecule has 5 rings (SSSR count). The third-order valence-electron chi connectivity index (χ3n) is 3.54. The van der Waals surface area contributed by atoms with Crippen LogP contribution in [0.25, 0.3) is 5.57 Å². The summed E-state index contributed by atoms with van der Waals surface area (Å²) in [5.41, 5.74) is 2.23. The molecule has 126 valence electrons. The number of rotatable bonds is 2. The number of benzene rings is 3. The lowest BCUT2D eigenvalue weighted by Crippen LogP contribution is -1.91.